The zero-order valence-electron chi connectivity index (χ0n) is 20.7. The SMILES string of the molecule is O=S(=O)(Cc1cccc(-c2nn(C3CCNCC3)cc2-c2ccnc3[nH]ccc23)c1F)c1cc(F)ccc1F. The molecule has 0 radical (unpaired) electrons. The Morgan fingerprint density at radius 1 is 0.974 bits per heavy atom. The molecule has 0 amide bonds. The van der Waals surface area contributed by atoms with Gasteiger partial charge in [0.15, 0.2) is 9.84 Å². The Morgan fingerprint density at radius 2 is 1.79 bits per heavy atom. The predicted molar refractivity (Wildman–Crippen MR) is 141 cm³/mol. The fourth-order valence-electron chi connectivity index (χ4n) is 5.11. The zero-order valence-corrected chi connectivity index (χ0v) is 21.5. The number of piperidine rings is 1. The summed E-state index contributed by atoms with van der Waals surface area (Å²) in [5.74, 6) is -3.61. The van der Waals surface area contributed by atoms with Gasteiger partial charge < -0.3 is 10.3 Å². The summed E-state index contributed by atoms with van der Waals surface area (Å²) in [6, 6.07) is 10.4. The lowest BCUT2D eigenvalue weighted by atomic mass is 9.99. The lowest BCUT2D eigenvalue weighted by molar-refractivity contribution is 0.343. The van der Waals surface area contributed by atoms with Crippen molar-refractivity contribution in [3.63, 3.8) is 0 Å². The average Bonchev–Trinajstić information content (AvgIpc) is 3.59. The van der Waals surface area contributed by atoms with Gasteiger partial charge in [0.25, 0.3) is 0 Å². The minimum atomic E-state index is -4.38. The van der Waals surface area contributed by atoms with Gasteiger partial charge in [-0.3, -0.25) is 4.68 Å². The highest BCUT2D eigenvalue weighted by molar-refractivity contribution is 7.90. The van der Waals surface area contributed by atoms with Crippen molar-refractivity contribution in [1.29, 1.82) is 0 Å². The molecule has 0 bridgehead atoms. The van der Waals surface area contributed by atoms with Crippen LogP contribution in [0.4, 0.5) is 13.2 Å². The van der Waals surface area contributed by atoms with E-state index in [9.17, 15) is 17.2 Å². The van der Waals surface area contributed by atoms with Gasteiger partial charge in [0, 0.05) is 40.7 Å². The van der Waals surface area contributed by atoms with Crippen molar-refractivity contribution in [3.8, 4) is 22.4 Å². The van der Waals surface area contributed by atoms with E-state index in [-0.39, 0.29) is 17.2 Å². The van der Waals surface area contributed by atoms with Crippen LogP contribution in [-0.2, 0) is 15.6 Å². The molecule has 0 spiro atoms. The molecule has 1 aliphatic rings. The molecule has 7 nitrogen and oxygen atoms in total. The number of benzene rings is 2. The molecule has 1 saturated heterocycles. The number of aromatic nitrogens is 4. The summed E-state index contributed by atoms with van der Waals surface area (Å²) < 4.78 is 71.9. The first-order chi connectivity index (χ1) is 18.8. The van der Waals surface area contributed by atoms with Crippen molar-refractivity contribution >= 4 is 20.9 Å². The molecule has 0 atom stereocenters. The summed E-state index contributed by atoms with van der Waals surface area (Å²) in [4.78, 5) is 6.63. The second-order valence-corrected chi connectivity index (χ2v) is 11.5. The molecule has 6 rings (SSSR count). The van der Waals surface area contributed by atoms with Crippen LogP contribution < -0.4 is 5.32 Å². The van der Waals surface area contributed by atoms with Gasteiger partial charge in [0.1, 0.15) is 33.7 Å². The molecule has 3 aromatic heterocycles. The molecule has 1 aliphatic heterocycles. The van der Waals surface area contributed by atoms with Gasteiger partial charge in [-0.2, -0.15) is 5.10 Å². The third kappa shape index (κ3) is 4.72. The van der Waals surface area contributed by atoms with Crippen molar-refractivity contribution in [1.82, 2.24) is 25.1 Å². The Balaban J connectivity index is 1.47. The van der Waals surface area contributed by atoms with Crippen LogP contribution >= 0.6 is 0 Å². The second-order valence-electron chi connectivity index (χ2n) is 9.56. The lowest BCUT2D eigenvalue weighted by Crippen LogP contribution is -2.29. The summed E-state index contributed by atoms with van der Waals surface area (Å²) >= 11 is 0. The van der Waals surface area contributed by atoms with Crippen LogP contribution in [0.2, 0.25) is 0 Å². The van der Waals surface area contributed by atoms with Crippen LogP contribution in [0.5, 0.6) is 0 Å². The highest BCUT2D eigenvalue weighted by Gasteiger charge is 2.26. The number of hydrogen-bond acceptors (Lipinski definition) is 5. The summed E-state index contributed by atoms with van der Waals surface area (Å²) in [6.45, 7) is 1.68. The molecule has 4 heterocycles. The maximum absolute atomic E-state index is 16.1. The maximum atomic E-state index is 16.1. The van der Waals surface area contributed by atoms with E-state index in [0.717, 1.165) is 49.0 Å². The van der Waals surface area contributed by atoms with E-state index in [1.807, 2.05) is 23.0 Å². The van der Waals surface area contributed by atoms with Crippen LogP contribution in [0.25, 0.3) is 33.4 Å². The minimum Gasteiger partial charge on any atom is -0.346 e. The highest BCUT2D eigenvalue weighted by Crippen LogP contribution is 2.38. The van der Waals surface area contributed by atoms with E-state index in [0.29, 0.717) is 23.0 Å². The number of pyridine rings is 1. The van der Waals surface area contributed by atoms with E-state index in [1.165, 1.54) is 12.1 Å². The number of hydrogen-bond donors (Lipinski definition) is 2. The number of H-pyrrole nitrogens is 1. The topological polar surface area (TPSA) is 92.7 Å². The molecule has 1 fully saturated rings. The predicted octanol–water partition coefficient (Wildman–Crippen LogP) is 5.41. The van der Waals surface area contributed by atoms with E-state index >= 15 is 4.39 Å². The average molecular weight is 552 g/mol. The first-order valence-electron chi connectivity index (χ1n) is 12.5. The quantitative estimate of drug-likeness (QED) is 0.295. The summed E-state index contributed by atoms with van der Waals surface area (Å²) in [7, 11) is -4.38. The van der Waals surface area contributed by atoms with E-state index in [4.69, 9.17) is 5.10 Å². The van der Waals surface area contributed by atoms with Gasteiger partial charge in [0.2, 0.25) is 0 Å². The van der Waals surface area contributed by atoms with Crippen LogP contribution in [0.15, 0.2) is 72.0 Å². The standard InChI is InChI=1S/C28H24F3N5O2S/c29-18-4-5-24(30)25(14-18)39(37,38)16-17-2-1-3-22(26(17)31)27-23(15-36(35-27)19-6-10-32-11-7-19)20-8-12-33-28-21(20)9-13-34-28/h1-5,8-9,12-15,19,32H,6-7,10-11,16H2,(H,33,34). The van der Waals surface area contributed by atoms with Crippen molar-refractivity contribution in [2.75, 3.05) is 13.1 Å². The van der Waals surface area contributed by atoms with Gasteiger partial charge in [-0.05, 0) is 67.9 Å². The van der Waals surface area contributed by atoms with Crippen LogP contribution in [-0.4, -0.2) is 41.3 Å². The van der Waals surface area contributed by atoms with Gasteiger partial charge in [-0.15, -0.1) is 0 Å². The number of nitrogens with zero attached hydrogens (tertiary/aromatic N) is 3. The van der Waals surface area contributed by atoms with Crippen LogP contribution in [0.3, 0.4) is 0 Å². The normalized spacial score (nSPS) is 14.7. The van der Waals surface area contributed by atoms with Gasteiger partial charge in [0.05, 0.1) is 11.8 Å². The molecule has 200 valence electrons. The van der Waals surface area contributed by atoms with Crippen molar-refractivity contribution in [2.24, 2.45) is 0 Å². The van der Waals surface area contributed by atoms with Crippen molar-refractivity contribution in [2.45, 2.75) is 29.5 Å². The summed E-state index contributed by atoms with van der Waals surface area (Å²) in [5.41, 5.74) is 2.46. The van der Waals surface area contributed by atoms with Crippen molar-refractivity contribution < 1.29 is 21.6 Å². The van der Waals surface area contributed by atoms with E-state index in [1.54, 1.807) is 18.5 Å². The molecule has 0 unspecified atom stereocenters. The molecular weight excluding hydrogens is 527 g/mol. The monoisotopic (exact) mass is 551 g/mol. The summed E-state index contributed by atoms with van der Waals surface area (Å²) in [5, 5.41) is 8.98. The molecule has 0 aliphatic carbocycles. The lowest BCUT2D eigenvalue weighted by Gasteiger charge is -2.22. The second kappa shape index (κ2) is 9.97. The van der Waals surface area contributed by atoms with Crippen molar-refractivity contribution in [3.05, 3.63) is 90.1 Å². The third-order valence-corrected chi connectivity index (χ3v) is 8.75. The fraction of sp³-hybridized carbons (Fsp3) is 0.214. The smallest absolute Gasteiger partial charge is 0.185 e. The molecular formula is C28H24F3N5O2S. The van der Waals surface area contributed by atoms with Crippen LogP contribution in [0.1, 0.15) is 24.4 Å². The first-order valence-corrected chi connectivity index (χ1v) is 14.1. The Morgan fingerprint density at radius 3 is 2.62 bits per heavy atom. The number of nitrogens with one attached hydrogen (secondary N) is 2. The molecule has 11 heteroatoms. The number of rotatable bonds is 6. The number of sulfone groups is 1. The number of aromatic amines is 1. The Labute approximate surface area is 222 Å². The van der Waals surface area contributed by atoms with Gasteiger partial charge in [-0.1, -0.05) is 12.1 Å². The maximum Gasteiger partial charge on any atom is 0.185 e. The molecule has 39 heavy (non-hydrogen) atoms. The molecule has 0 saturated carbocycles. The number of halogens is 3. The summed E-state index contributed by atoms with van der Waals surface area (Å²) in [6.07, 6.45) is 7.05. The van der Waals surface area contributed by atoms with E-state index in [2.05, 4.69) is 15.3 Å². The Kier molecular flexibility index (Phi) is 6.48. The van der Waals surface area contributed by atoms with Crippen LogP contribution in [0, 0.1) is 17.5 Å². The highest BCUT2D eigenvalue weighted by atomic mass is 32.2. The Hall–Kier alpha value is -3.96. The number of fused-ring (bicyclic) bond motifs is 1. The molecule has 2 aromatic carbocycles. The first kappa shape index (κ1) is 25.3. The fourth-order valence-corrected chi connectivity index (χ4v) is 6.56. The third-order valence-electron chi connectivity index (χ3n) is 7.07. The zero-order chi connectivity index (χ0) is 27.1. The largest absolute Gasteiger partial charge is 0.346 e. The van der Waals surface area contributed by atoms with Gasteiger partial charge >= 0.3 is 0 Å². The molecule has 5 aromatic rings. The van der Waals surface area contributed by atoms with Gasteiger partial charge in [-0.25, -0.2) is 26.6 Å². The minimum absolute atomic E-state index is 0.116. The van der Waals surface area contributed by atoms with E-state index < -0.39 is 37.9 Å². The Bertz CT molecular complexity index is 1790. The molecule has 2 N–H and O–H groups in total.